The molecular weight excluding hydrogens is 300 g/mol. The number of alkyl halides is 2. The van der Waals surface area contributed by atoms with E-state index in [9.17, 15) is 13.6 Å². The van der Waals surface area contributed by atoms with E-state index in [4.69, 9.17) is 0 Å². The lowest BCUT2D eigenvalue weighted by atomic mass is 9.98. The van der Waals surface area contributed by atoms with Crippen molar-refractivity contribution in [3.63, 3.8) is 0 Å². The van der Waals surface area contributed by atoms with Gasteiger partial charge in [-0.25, -0.2) is 0 Å². The maximum absolute atomic E-state index is 12.1. The van der Waals surface area contributed by atoms with Gasteiger partial charge in [0.05, 0.1) is 0 Å². The number of anilines is 1. The molecule has 3 nitrogen and oxygen atoms in total. The molecule has 1 amide bonds. The van der Waals surface area contributed by atoms with E-state index in [1.54, 1.807) is 0 Å². The van der Waals surface area contributed by atoms with Gasteiger partial charge in [0.2, 0.25) is 0 Å². The normalized spacial score (nSPS) is 12.0. The average molecular weight is 319 g/mol. The lowest BCUT2D eigenvalue weighted by Crippen LogP contribution is -2.12. The zero-order chi connectivity index (χ0) is 16.8. The molecule has 0 aliphatic carbocycles. The van der Waals surface area contributed by atoms with Gasteiger partial charge in [-0.2, -0.15) is 8.78 Å². The first-order valence-electron chi connectivity index (χ1n) is 7.45. The Hall–Kier alpha value is -2.43. The van der Waals surface area contributed by atoms with Gasteiger partial charge in [-0.15, -0.1) is 0 Å². The third kappa shape index (κ3) is 4.77. The van der Waals surface area contributed by atoms with Crippen LogP contribution in [0.5, 0.6) is 5.75 Å². The van der Waals surface area contributed by atoms with Crippen LogP contribution < -0.4 is 10.1 Å². The number of benzene rings is 2. The molecule has 23 heavy (non-hydrogen) atoms. The van der Waals surface area contributed by atoms with Crippen molar-refractivity contribution in [2.75, 3.05) is 5.32 Å². The van der Waals surface area contributed by atoms with Gasteiger partial charge < -0.3 is 10.1 Å². The van der Waals surface area contributed by atoms with Crippen LogP contribution >= 0.6 is 0 Å². The predicted molar refractivity (Wildman–Crippen MR) is 86.2 cm³/mol. The van der Waals surface area contributed by atoms with Crippen LogP contribution in [0.15, 0.2) is 48.5 Å². The second-order valence-electron chi connectivity index (χ2n) is 5.29. The van der Waals surface area contributed by atoms with Crippen LogP contribution in [-0.2, 0) is 0 Å². The second kappa shape index (κ2) is 7.72. The molecule has 0 heterocycles. The summed E-state index contributed by atoms with van der Waals surface area (Å²) in [7, 11) is 0. The number of carbonyl (C=O) groups is 1. The van der Waals surface area contributed by atoms with Crippen molar-refractivity contribution < 1.29 is 18.3 Å². The first-order valence-corrected chi connectivity index (χ1v) is 7.45. The third-order valence-corrected chi connectivity index (χ3v) is 3.69. The molecule has 1 unspecified atom stereocenters. The molecule has 0 aliphatic rings. The minimum Gasteiger partial charge on any atom is -0.435 e. The van der Waals surface area contributed by atoms with Gasteiger partial charge in [-0.3, -0.25) is 4.79 Å². The number of ether oxygens (including phenoxy) is 1. The smallest absolute Gasteiger partial charge is 0.387 e. The van der Waals surface area contributed by atoms with Crippen LogP contribution in [0.3, 0.4) is 0 Å². The summed E-state index contributed by atoms with van der Waals surface area (Å²) in [5.74, 6) is 0.196. The van der Waals surface area contributed by atoms with Crippen molar-refractivity contribution in [2.24, 2.45) is 0 Å². The van der Waals surface area contributed by atoms with Gasteiger partial charge in [0.25, 0.3) is 5.91 Å². The van der Waals surface area contributed by atoms with Gasteiger partial charge >= 0.3 is 6.61 Å². The van der Waals surface area contributed by atoms with E-state index in [0.717, 1.165) is 6.42 Å². The van der Waals surface area contributed by atoms with Gasteiger partial charge in [0.15, 0.2) is 0 Å². The third-order valence-electron chi connectivity index (χ3n) is 3.69. The standard InChI is InChI=1S/C18H19F2NO2/c1-3-12(2)13-4-8-15(9-5-13)21-17(22)14-6-10-16(11-7-14)23-18(19)20/h4-12,18H,3H2,1-2H3,(H,21,22). The Morgan fingerprint density at radius 2 is 1.70 bits per heavy atom. The molecule has 2 aromatic carbocycles. The largest absolute Gasteiger partial charge is 0.435 e. The van der Waals surface area contributed by atoms with Crippen molar-refractivity contribution in [3.8, 4) is 5.75 Å². The molecule has 0 aliphatic heterocycles. The monoisotopic (exact) mass is 319 g/mol. The molecule has 0 saturated carbocycles. The summed E-state index contributed by atoms with van der Waals surface area (Å²) in [6.07, 6.45) is 1.05. The lowest BCUT2D eigenvalue weighted by Gasteiger charge is -2.11. The maximum atomic E-state index is 12.1. The summed E-state index contributed by atoms with van der Waals surface area (Å²) in [6, 6.07) is 13.3. The van der Waals surface area contributed by atoms with E-state index in [1.165, 1.54) is 29.8 Å². The van der Waals surface area contributed by atoms with Gasteiger partial charge in [0.1, 0.15) is 5.75 Å². The van der Waals surface area contributed by atoms with E-state index in [-0.39, 0.29) is 11.7 Å². The fraction of sp³-hybridized carbons (Fsp3) is 0.278. The number of rotatable bonds is 6. The summed E-state index contributed by atoms with van der Waals surface area (Å²) in [6.45, 7) is 1.40. The number of nitrogens with one attached hydrogen (secondary N) is 1. The molecule has 0 bridgehead atoms. The number of amides is 1. The zero-order valence-corrected chi connectivity index (χ0v) is 13.1. The Kier molecular flexibility index (Phi) is 5.68. The minimum absolute atomic E-state index is 0.0226. The lowest BCUT2D eigenvalue weighted by molar-refractivity contribution is -0.0498. The van der Waals surface area contributed by atoms with Crippen molar-refractivity contribution in [2.45, 2.75) is 32.8 Å². The van der Waals surface area contributed by atoms with Crippen LogP contribution in [0.1, 0.15) is 42.1 Å². The summed E-state index contributed by atoms with van der Waals surface area (Å²) < 4.78 is 28.4. The van der Waals surface area contributed by atoms with Crippen LogP contribution in [-0.4, -0.2) is 12.5 Å². The van der Waals surface area contributed by atoms with Gasteiger partial charge in [-0.1, -0.05) is 26.0 Å². The highest BCUT2D eigenvalue weighted by Crippen LogP contribution is 2.21. The second-order valence-corrected chi connectivity index (χ2v) is 5.29. The highest BCUT2D eigenvalue weighted by molar-refractivity contribution is 6.04. The predicted octanol–water partition coefficient (Wildman–Crippen LogP) is 5.05. The van der Waals surface area contributed by atoms with Crippen molar-refractivity contribution in [3.05, 3.63) is 59.7 Å². The van der Waals surface area contributed by atoms with E-state index >= 15 is 0 Å². The van der Waals surface area contributed by atoms with Crippen LogP contribution in [0.4, 0.5) is 14.5 Å². The summed E-state index contributed by atoms with van der Waals surface area (Å²) in [4.78, 5) is 12.1. The molecule has 0 radical (unpaired) electrons. The van der Waals surface area contributed by atoms with Crippen LogP contribution in [0, 0.1) is 0 Å². The van der Waals surface area contributed by atoms with Crippen molar-refractivity contribution in [1.82, 2.24) is 0 Å². The number of hydrogen-bond donors (Lipinski definition) is 1. The van der Waals surface area contributed by atoms with E-state index in [1.807, 2.05) is 24.3 Å². The minimum atomic E-state index is -2.88. The molecular formula is C18H19F2NO2. The number of carbonyl (C=O) groups excluding carboxylic acids is 1. The number of hydrogen-bond acceptors (Lipinski definition) is 2. The first-order chi connectivity index (χ1) is 11.0. The summed E-state index contributed by atoms with van der Waals surface area (Å²) in [5.41, 5.74) is 2.28. The molecule has 0 saturated heterocycles. The molecule has 122 valence electrons. The molecule has 2 rings (SSSR count). The average Bonchev–Trinajstić information content (AvgIpc) is 2.55. The summed E-state index contributed by atoms with van der Waals surface area (Å²) >= 11 is 0. The molecule has 0 aromatic heterocycles. The highest BCUT2D eigenvalue weighted by atomic mass is 19.3. The molecule has 1 atom stereocenters. The molecule has 2 aromatic rings. The van der Waals surface area contributed by atoms with Gasteiger partial charge in [0, 0.05) is 11.3 Å². The Labute approximate surface area is 134 Å². The fourth-order valence-electron chi connectivity index (χ4n) is 2.12. The SMILES string of the molecule is CCC(C)c1ccc(NC(=O)c2ccc(OC(F)F)cc2)cc1. The van der Waals surface area contributed by atoms with E-state index < -0.39 is 6.61 Å². The van der Waals surface area contributed by atoms with Crippen LogP contribution in [0.25, 0.3) is 0 Å². The topological polar surface area (TPSA) is 38.3 Å². The highest BCUT2D eigenvalue weighted by Gasteiger charge is 2.09. The first kappa shape index (κ1) is 16.9. The summed E-state index contributed by atoms with van der Waals surface area (Å²) in [5, 5.41) is 2.77. The van der Waals surface area contributed by atoms with Gasteiger partial charge in [-0.05, 0) is 54.3 Å². The van der Waals surface area contributed by atoms with Crippen molar-refractivity contribution in [1.29, 1.82) is 0 Å². The Bertz CT molecular complexity index is 639. The maximum Gasteiger partial charge on any atom is 0.387 e. The van der Waals surface area contributed by atoms with E-state index in [2.05, 4.69) is 23.9 Å². The number of halogens is 2. The van der Waals surface area contributed by atoms with Crippen LogP contribution in [0.2, 0.25) is 0 Å². The Balaban J connectivity index is 2.01. The Morgan fingerprint density at radius 1 is 1.09 bits per heavy atom. The molecule has 0 spiro atoms. The molecule has 0 fully saturated rings. The quantitative estimate of drug-likeness (QED) is 0.808. The van der Waals surface area contributed by atoms with Crippen molar-refractivity contribution >= 4 is 11.6 Å². The molecule has 5 heteroatoms. The zero-order valence-electron chi connectivity index (χ0n) is 13.1. The van der Waals surface area contributed by atoms with E-state index in [0.29, 0.717) is 17.2 Å². The molecule has 1 N–H and O–H groups in total. The fourth-order valence-corrected chi connectivity index (χ4v) is 2.12. The Morgan fingerprint density at radius 3 is 2.22 bits per heavy atom.